The number of ketones is 1. The summed E-state index contributed by atoms with van der Waals surface area (Å²) in [6.07, 6.45) is 0.204. The number of rotatable bonds is 3. The fourth-order valence-electron chi connectivity index (χ4n) is 2.76. The second-order valence-corrected chi connectivity index (χ2v) is 6.40. The number of hydrogen-bond donors (Lipinski definition) is 0. The van der Waals surface area contributed by atoms with Crippen LogP contribution in [-0.4, -0.2) is 17.2 Å². The number of benzene rings is 2. The van der Waals surface area contributed by atoms with Crippen LogP contribution < -0.4 is 4.74 Å². The highest BCUT2D eigenvalue weighted by atomic mass is 16.5. The van der Waals surface area contributed by atoms with Gasteiger partial charge in [-0.15, -0.1) is 0 Å². The van der Waals surface area contributed by atoms with Crippen molar-refractivity contribution in [3.8, 4) is 11.8 Å². The van der Waals surface area contributed by atoms with Gasteiger partial charge in [-0.05, 0) is 45.0 Å². The summed E-state index contributed by atoms with van der Waals surface area (Å²) >= 11 is 0. The molecule has 0 saturated heterocycles. The Hall–Kier alpha value is -2.93. The van der Waals surface area contributed by atoms with Crippen LogP contribution in [0.3, 0.4) is 0 Å². The van der Waals surface area contributed by atoms with Gasteiger partial charge in [0, 0.05) is 11.1 Å². The molecule has 4 nitrogen and oxygen atoms in total. The average molecular weight is 318 g/mol. The Kier molecular flexibility index (Phi) is 3.94. The Balaban J connectivity index is 1.93. The van der Waals surface area contributed by atoms with Crippen LogP contribution in [-0.2, 0) is 0 Å². The van der Waals surface area contributed by atoms with Crippen molar-refractivity contribution in [1.29, 1.82) is 5.26 Å². The van der Waals surface area contributed by atoms with Crippen molar-refractivity contribution in [2.75, 3.05) is 0 Å². The van der Waals surface area contributed by atoms with E-state index >= 15 is 0 Å². The van der Waals surface area contributed by atoms with Crippen molar-refractivity contribution in [2.24, 2.45) is 4.99 Å². The first-order chi connectivity index (χ1) is 11.4. The van der Waals surface area contributed by atoms with E-state index in [2.05, 4.69) is 11.1 Å². The third-order valence-electron chi connectivity index (χ3n) is 3.87. The van der Waals surface area contributed by atoms with Gasteiger partial charge in [-0.3, -0.25) is 4.79 Å². The van der Waals surface area contributed by atoms with Crippen molar-refractivity contribution >= 4 is 11.5 Å². The molecule has 0 fully saturated rings. The number of nitrogens with zero attached hydrogens (tertiary/aromatic N) is 2. The number of carbonyl (C=O) groups excluding carboxylic acids is 1. The van der Waals surface area contributed by atoms with Crippen molar-refractivity contribution < 1.29 is 9.53 Å². The summed E-state index contributed by atoms with van der Waals surface area (Å²) in [6, 6.07) is 14.6. The predicted molar refractivity (Wildman–Crippen MR) is 92.5 cm³/mol. The molecule has 1 aliphatic heterocycles. The average Bonchev–Trinajstić information content (AvgIpc) is 2.55. The van der Waals surface area contributed by atoms with Crippen molar-refractivity contribution in [2.45, 2.75) is 32.9 Å². The summed E-state index contributed by atoms with van der Waals surface area (Å²) in [7, 11) is 0. The second-order valence-electron chi connectivity index (χ2n) is 6.40. The SMILES string of the molecule is Cc1ccc2c(c1)C(CC(=O)c1ccc(C#N)cc1)=NC(C)(C)O2. The van der Waals surface area contributed by atoms with E-state index in [1.807, 2.05) is 39.0 Å². The zero-order valence-corrected chi connectivity index (χ0v) is 14.0. The molecule has 120 valence electrons. The highest BCUT2D eigenvalue weighted by Gasteiger charge is 2.29. The largest absolute Gasteiger partial charge is 0.466 e. The Morgan fingerprint density at radius 1 is 1.21 bits per heavy atom. The molecule has 0 saturated carbocycles. The zero-order valence-electron chi connectivity index (χ0n) is 14.0. The molecule has 0 aromatic heterocycles. The minimum atomic E-state index is -0.692. The molecule has 0 aliphatic carbocycles. The summed E-state index contributed by atoms with van der Waals surface area (Å²) < 4.78 is 5.89. The van der Waals surface area contributed by atoms with E-state index in [1.54, 1.807) is 24.3 Å². The Bertz CT molecular complexity index is 872. The highest BCUT2D eigenvalue weighted by Crippen LogP contribution is 2.32. The van der Waals surface area contributed by atoms with Gasteiger partial charge in [0.05, 0.1) is 23.8 Å². The summed E-state index contributed by atoms with van der Waals surface area (Å²) in [5.41, 5.74) is 3.13. The Morgan fingerprint density at radius 2 is 1.92 bits per heavy atom. The fraction of sp³-hybridized carbons (Fsp3) is 0.250. The quantitative estimate of drug-likeness (QED) is 0.802. The number of fused-ring (bicyclic) bond motifs is 1. The Morgan fingerprint density at radius 3 is 2.58 bits per heavy atom. The van der Waals surface area contributed by atoms with Gasteiger partial charge in [0.15, 0.2) is 11.5 Å². The van der Waals surface area contributed by atoms with Crippen molar-refractivity contribution in [3.05, 3.63) is 64.7 Å². The number of aliphatic imine (C=N–C) groups is 1. The molecule has 0 atom stereocenters. The Labute approximate surface area is 141 Å². The normalized spacial score (nSPS) is 14.8. The van der Waals surface area contributed by atoms with Crippen molar-refractivity contribution in [1.82, 2.24) is 0 Å². The minimum absolute atomic E-state index is 0.0246. The van der Waals surface area contributed by atoms with Crippen LogP contribution in [0, 0.1) is 18.3 Å². The first-order valence-corrected chi connectivity index (χ1v) is 7.80. The maximum absolute atomic E-state index is 12.6. The van der Waals surface area contributed by atoms with E-state index in [4.69, 9.17) is 10.00 Å². The molecule has 0 spiro atoms. The van der Waals surface area contributed by atoms with E-state index < -0.39 is 5.72 Å². The molecule has 1 aliphatic rings. The summed E-state index contributed by atoms with van der Waals surface area (Å²) in [5.74, 6) is 0.728. The lowest BCUT2D eigenvalue weighted by Crippen LogP contribution is -2.32. The molecule has 0 radical (unpaired) electrons. The van der Waals surface area contributed by atoms with Gasteiger partial charge < -0.3 is 4.74 Å². The molecule has 2 aromatic carbocycles. The monoisotopic (exact) mass is 318 g/mol. The van der Waals surface area contributed by atoms with Crippen LogP contribution in [0.2, 0.25) is 0 Å². The fourth-order valence-corrected chi connectivity index (χ4v) is 2.76. The molecular weight excluding hydrogens is 300 g/mol. The topological polar surface area (TPSA) is 62.5 Å². The van der Waals surface area contributed by atoms with E-state index in [1.165, 1.54) is 0 Å². The summed E-state index contributed by atoms with van der Waals surface area (Å²) in [6.45, 7) is 5.75. The molecule has 0 N–H and O–H groups in total. The van der Waals surface area contributed by atoms with Crippen LogP contribution in [0.5, 0.6) is 5.75 Å². The van der Waals surface area contributed by atoms with Gasteiger partial charge in [0.25, 0.3) is 0 Å². The van der Waals surface area contributed by atoms with Crippen LogP contribution in [0.4, 0.5) is 0 Å². The van der Waals surface area contributed by atoms with Crippen LogP contribution >= 0.6 is 0 Å². The number of ether oxygens (including phenoxy) is 1. The third kappa shape index (κ3) is 3.21. The minimum Gasteiger partial charge on any atom is -0.466 e. The molecule has 0 amide bonds. The first kappa shape index (κ1) is 15.9. The highest BCUT2D eigenvalue weighted by molar-refractivity contribution is 6.17. The van der Waals surface area contributed by atoms with Gasteiger partial charge in [0.1, 0.15) is 5.75 Å². The van der Waals surface area contributed by atoms with Gasteiger partial charge in [0.2, 0.25) is 0 Å². The number of carbonyl (C=O) groups is 1. The maximum atomic E-state index is 12.6. The first-order valence-electron chi connectivity index (χ1n) is 7.80. The van der Waals surface area contributed by atoms with Gasteiger partial charge in [-0.1, -0.05) is 23.8 Å². The van der Waals surface area contributed by atoms with Gasteiger partial charge >= 0.3 is 0 Å². The molecule has 1 heterocycles. The molecule has 0 unspecified atom stereocenters. The summed E-state index contributed by atoms with van der Waals surface area (Å²) in [5, 5.41) is 8.85. The van der Waals surface area contributed by atoms with E-state index in [0.29, 0.717) is 11.1 Å². The smallest absolute Gasteiger partial charge is 0.194 e. The lowest BCUT2D eigenvalue weighted by atomic mass is 9.96. The summed E-state index contributed by atoms with van der Waals surface area (Å²) in [4.78, 5) is 17.2. The molecular formula is C20H18N2O2. The van der Waals surface area contributed by atoms with E-state index in [9.17, 15) is 4.79 Å². The van der Waals surface area contributed by atoms with Crippen LogP contribution in [0.25, 0.3) is 0 Å². The maximum Gasteiger partial charge on any atom is 0.194 e. The van der Waals surface area contributed by atoms with Crippen LogP contribution in [0.1, 0.15) is 47.3 Å². The van der Waals surface area contributed by atoms with E-state index in [-0.39, 0.29) is 12.2 Å². The van der Waals surface area contributed by atoms with Crippen molar-refractivity contribution in [3.63, 3.8) is 0 Å². The van der Waals surface area contributed by atoms with Gasteiger partial charge in [-0.2, -0.15) is 5.26 Å². The van der Waals surface area contributed by atoms with Crippen LogP contribution in [0.15, 0.2) is 47.5 Å². The molecule has 2 aromatic rings. The zero-order chi connectivity index (χ0) is 17.3. The van der Waals surface area contributed by atoms with E-state index in [0.717, 1.165) is 22.6 Å². The second kappa shape index (κ2) is 5.93. The number of aryl methyl sites for hydroxylation is 1. The lowest BCUT2D eigenvalue weighted by molar-refractivity contribution is 0.0994. The standard InChI is InChI=1S/C20H18N2O2/c1-13-4-9-19-16(10-13)17(22-20(2,3)24-19)11-18(23)15-7-5-14(12-21)6-8-15/h4-10H,11H2,1-3H3. The molecule has 3 rings (SSSR count). The van der Waals surface area contributed by atoms with Gasteiger partial charge in [-0.25, -0.2) is 4.99 Å². The predicted octanol–water partition coefficient (Wildman–Crippen LogP) is 4.06. The molecule has 4 heteroatoms. The molecule has 24 heavy (non-hydrogen) atoms. The third-order valence-corrected chi connectivity index (χ3v) is 3.87. The lowest BCUT2D eigenvalue weighted by Gasteiger charge is -2.30. The number of hydrogen-bond acceptors (Lipinski definition) is 4. The number of nitriles is 1. The number of Topliss-reactive ketones (excluding diaryl/α,β-unsaturated/α-hetero) is 1. The molecule has 0 bridgehead atoms.